The largest absolute Gasteiger partial charge is 0.385 e. The summed E-state index contributed by atoms with van der Waals surface area (Å²) in [7, 11) is 1.68. The SMILES string of the molecule is COCCCNC(=O)CCN1CCN(C/C=C/c2ccccc2)CC1. The minimum atomic E-state index is 0.143. The van der Waals surface area contributed by atoms with Crippen LogP contribution in [0.4, 0.5) is 0 Å². The molecule has 1 aromatic carbocycles. The van der Waals surface area contributed by atoms with E-state index in [4.69, 9.17) is 4.74 Å². The van der Waals surface area contributed by atoms with Crippen LogP contribution in [0.5, 0.6) is 0 Å². The Hall–Kier alpha value is -1.69. The summed E-state index contributed by atoms with van der Waals surface area (Å²) in [4.78, 5) is 16.6. The maximum Gasteiger partial charge on any atom is 0.221 e. The summed E-state index contributed by atoms with van der Waals surface area (Å²) >= 11 is 0. The molecule has 25 heavy (non-hydrogen) atoms. The van der Waals surface area contributed by atoms with E-state index in [0.29, 0.717) is 19.6 Å². The molecule has 0 radical (unpaired) electrons. The average molecular weight is 345 g/mol. The molecule has 0 bridgehead atoms. The monoisotopic (exact) mass is 345 g/mol. The number of ether oxygens (including phenoxy) is 1. The van der Waals surface area contributed by atoms with Crippen LogP contribution in [0.3, 0.4) is 0 Å². The van der Waals surface area contributed by atoms with Crippen molar-refractivity contribution in [3.63, 3.8) is 0 Å². The Kier molecular flexibility index (Phi) is 9.26. The van der Waals surface area contributed by atoms with Crippen molar-refractivity contribution in [1.82, 2.24) is 15.1 Å². The number of nitrogens with one attached hydrogen (secondary N) is 1. The molecule has 0 unspecified atom stereocenters. The maximum atomic E-state index is 11.8. The zero-order chi connectivity index (χ0) is 17.7. The van der Waals surface area contributed by atoms with E-state index in [1.807, 2.05) is 6.07 Å². The number of methoxy groups -OCH3 is 1. The molecule has 0 spiro atoms. The molecule has 1 amide bonds. The Morgan fingerprint density at radius 3 is 2.60 bits per heavy atom. The summed E-state index contributed by atoms with van der Waals surface area (Å²) in [6.07, 6.45) is 5.87. The second-order valence-electron chi connectivity index (χ2n) is 6.40. The van der Waals surface area contributed by atoms with Gasteiger partial charge in [0, 0.05) is 66.0 Å². The Bertz CT molecular complexity index is 511. The molecule has 138 valence electrons. The van der Waals surface area contributed by atoms with Gasteiger partial charge in [-0.3, -0.25) is 9.69 Å². The molecule has 5 heteroatoms. The standard InChI is InChI=1S/C20H31N3O2/c1-25-18-6-11-21-20(24)10-13-23-16-14-22(15-17-23)12-5-9-19-7-3-2-4-8-19/h2-5,7-9H,6,10-18H2,1H3,(H,21,24)/b9-5+. The summed E-state index contributed by atoms with van der Waals surface area (Å²) in [5, 5.41) is 2.94. The molecule has 0 aromatic heterocycles. The molecule has 1 aliphatic rings. The molecule has 5 nitrogen and oxygen atoms in total. The third-order valence-electron chi connectivity index (χ3n) is 4.44. The summed E-state index contributed by atoms with van der Waals surface area (Å²) < 4.78 is 4.97. The summed E-state index contributed by atoms with van der Waals surface area (Å²) in [6.45, 7) is 7.44. The van der Waals surface area contributed by atoms with E-state index in [1.54, 1.807) is 7.11 Å². The van der Waals surface area contributed by atoms with Crippen molar-refractivity contribution >= 4 is 12.0 Å². The number of piperazine rings is 1. The topological polar surface area (TPSA) is 44.8 Å². The van der Waals surface area contributed by atoms with Crippen molar-refractivity contribution in [3.8, 4) is 0 Å². The Balaban J connectivity index is 1.55. The quantitative estimate of drug-likeness (QED) is 0.658. The molecule has 2 rings (SSSR count). The first-order chi connectivity index (χ1) is 12.3. The van der Waals surface area contributed by atoms with Crippen molar-refractivity contribution in [3.05, 3.63) is 42.0 Å². The fraction of sp³-hybridized carbons (Fsp3) is 0.550. The van der Waals surface area contributed by atoms with Crippen LogP contribution in [0.15, 0.2) is 36.4 Å². The summed E-state index contributed by atoms with van der Waals surface area (Å²) in [6, 6.07) is 10.4. The molecule has 1 aliphatic heterocycles. The first kappa shape index (κ1) is 19.6. The van der Waals surface area contributed by atoms with Gasteiger partial charge < -0.3 is 15.0 Å². The first-order valence-electron chi connectivity index (χ1n) is 9.20. The van der Waals surface area contributed by atoms with E-state index >= 15 is 0 Å². The summed E-state index contributed by atoms with van der Waals surface area (Å²) in [5.74, 6) is 0.143. The highest BCUT2D eigenvalue weighted by molar-refractivity contribution is 5.76. The van der Waals surface area contributed by atoms with Gasteiger partial charge in [-0.25, -0.2) is 0 Å². The van der Waals surface area contributed by atoms with E-state index in [2.05, 4.69) is 51.5 Å². The highest BCUT2D eigenvalue weighted by Gasteiger charge is 2.16. The van der Waals surface area contributed by atoms with Crippen LogP contribution in [-0.2, 0) is 9.53 Å². The predicted molar refractivity (Wildman–Crippen MR) is 102 cm³/mol. The molecule has 1 saturated heterocycles. The lowest BCUT2D eigenvalue weighted by Crippen LogP contribution is -2.47. The lowest BCUT2D eigenvalue weighted by atomic mass is 10.2. The van der Waals surface area contributed by atoms with Crippen LogP contribution in [0.25, 0.3) is 6.08 Å². The number of rotatable bonds is 10. The minimum absolute atomic E-state index is 0.143. The number of nitrogens with zero attached hydrogens (tertiary/aromatic N) is 2. The molecule has 1 heterocycles. The van der Waals surface area contributed by atoms with Crippen molar-refractivity contribution in [2.24, 2.45) is 0 Å². The van der Waals surface area contributed by atoms with E-state index in [1.165, 1.54) is 5.56 Å². The van der Waals surface area contributed by atoms with E-state index in [-0.39, 0.29) is 5.91 Å². The summed E-state index contributed by atoms with van der Waals surface area (Å²) in [5.41, 5.74) is 1.25. The fourth-order valence-electron chi connectivity index (χ4n) is 2.89. The minimum Gasteiger partial charge on any atom is -0.385 e. The van der Waals surface area contributed by atoms with Crippen molar-refractivity contribution in [2.45, 2.75) is 12.8 Å². The van der Waals surface area contributed by atoms with Gasteiger partial charge in [0.05, 0.1) is 0 Å². The van der Waals surface area contributed by atoms with Crippen molar-refractivity contribution in [2.75, 3.05) is 59.5 Å². The van der Waals surface area contributed by atoms with Crippen LogP contribution < -0.4 is 5.32 Å². The zero-order valence-electron chi connectivity index (χ0n) is 15.3. The average Bonchev–Trinajstić information content (AvgIpc) is 2.65. The van der Waals surface area contributed by atoms with Crippen LogP contribution in [0, 0.1) is 0 Å². The van der Waals surface area contributed by atoms with E-state index in [0.717, 1.165) is 45.7 Å². The number of carbonyl (C=O) groups excluding carboxylic acids is 1. The number of hydrogen-bond acceptors (Lipinski definition) is 4. The number of amides is 1. The highest BCUT2D eigenvalue weighted by Crippen LogP contribution is 2.05. The van der Waals surface area contributed by atoms with Crippen LogP contribution >= 0.6 is 0 Å². The first-order valence-corrected chi connectivity index (χ1v) is 9.20. The highest BCUT2D eigenvalue weighted by atomic mass is 16.5. The number of benzene rings is 1. The van der Waals surface area contributed by atoms with Gasteiger partial charge in [-0.15, -0.1) is 0 Å². The van der Waals surface area contributed by atoms with Gasteiger partial charge >= 0.3 is 0 Å². The number of hydrogen-bond donors (Lipinski definition) is 1. The van der Waals surface area contributed by atoms with E-state index in [9.17, 15) is 4.79 Å². The molecule has 1 N–H and O–H groups in total. The zero-order valence-corrected chi connectivity index (χ0v) is 15.3. The van der Waals surface area contributed by atoms with Crippen LogP contribution in [0.1, 0.15) is 18.4 Å². The van der Waals surface area contributed by atoms with Gasteiger partial charge in [0.15, 0.2) is 0 Å². The van der Waals surface area contributed by atoms with Crippen molar-refractivity contribution in [1.29, 1.82) is 0 Å². The van der Waals surface area contributed by atoms with Gasteiger partial charge in [-0.05, 0) is 12.0 Å². The predicted octanol–water partition coefficient (Wildman–Crippen LogP) is 1.86. The molecular formula is C20H31N3O2. The smallest absolute Gasteiger partial charge is 0.221 e. The van der Waals surface area contributed by atoms with Gasteiger partial charge in [0.1, 0.15) is 0 Å². The lowest BCUT2D eigenvalue weighted by molar-refractivity contribution is -0.121. The van der Waals surface area contributed by atoms with E-state index < -0.39 is 0 Å². The van der Waals surface area contributed by atoms with Gasteiger partial charge in [-0.2, -0.15) is 0 Å². The lowest BCUT2D eigenvalue weighted by Gasteiger charge is -2.34. The third-order valence-corrected chi connectivity index (χ3v) is 4.44. The molecule has 0 saturated carbocycles. The molecule has 0 aliphatic carbocycles. The van der Waals surface area contributed by atoms with Gasteiger partial charge in [0.2, 0.25) is 5.91 Å². The maximum absolute atomic E-state index is 11.8. The molecule has 0 atom stereocenters. The Morgan fingerprint density at radius 1 is 1.16 bits per heavy atom. The second-order valence-corrected chi connectivity index (χ2v) is 6.40. The molecule has 1 aromatic rings. The number of carbonyl (C=O) groups is 1. The molecular weight excluding hydrogens is 314 g/mol. The normalized spacial score (nSPS) is 16.4. The Labute approximate surface area is 151 Å². The van der Waals surface area contributed by atoms with Crippen LogP contribution in [-0.4, -0.2) is 75.2 Å². The Morgan fingerprint density at radius 2 is 1.88 bits per heavy atom. The fourth-order valence-corrected chi connectivity index (χ4v) is 2.89. The van der Waals surface area contributed by atoms with Gasteiger partial charge in [0.25, 0.3) is 0 Å². The van der Waals surface area contributed by atoms with Gasteiger partial charge in [-0.1, -0.05) is 42.5 Å². The second kappa shape index (κ2) is 11.8. The van der Waals surface area contributed by atoms with Crippen LogP contribution in [0.2, 0.25) is 0 Å². The third kappa shape index (κ3) is 8.29. The molecule has 1 fully saturated rings. The van der Waals surface area contributed by atoms with Crippen molar-refractivity contribution < 1.29 is 9.53 Å².